The Labute approximate surface area is 127 Å². The highest BCUT2D eigenvalue weighted by atomic mass is 79.9. The molecule has 0 bridgehead atoms. The van der Waals surface area contributed by atoms with Crippen molar-refractivity contribution in [1.29, 1.82) is 0 Å². The summed E-state index contributed by atoms with van der Waals surface area (Å²) in [5, 5.41) is 2.65. The Morgan fingerprint density at radius 1 is 1.45 bits per heavy atom. The van der Waals surface area contributed by atoms with E-state index in [0.717, 1.165) is 5.56 Å². The van der Waals surface area contributed by atoms with E-state index in [-0.39, 0.29) is 11.7 Å². The second-order valence-electron chi connectivity index (χ2n) is 5.52. The number of halogens is 2. The second kappa shape index (κ2) is 7.04. The molecule has 4 nitrogen and oxygen atoms in total. The van der Waals surface area contributed by atoms with E-state index in [2.05, 4.69) is 21.2 Å². The van der Waals surface area contributed by atoms with Crippen LogP contribution in [0, 0.1) is 5.82 Å². The van der Waals surface area contributed by atoms with Crippen LogP contribution in [0.5, 0.6) is 0 Å². The quantitative estimate of drug-likeness (QED) is 0.879. The van der Waals surface area contributed by atoms with Gasteiger partial charge in [0.05, 0.1) is 0 Å². The molecule has 1 rings (SSSR count). The number of hydrogen-bond acceptors (Lipinski definition) is 3. The van der Waals surface area contributed by atoms with Crippen LogP contribution in [0.25, 0.3) is 0 Å². The summed E-state index contributed by atoms with van der Waals surface area (Å²) >= 11 is 3.24. The molecule has 0 saturated carbocycles. The molecule has 0 fully saturated rings. The van der Waals surface area contributed by atoms with Gasteiger partial charge in [0.25, 0.3) is 0 Å². The van der Waals surface area contributed by atoms with Gasteiger partial charge in [0.2, 0.25) is 0 Å². The Morgan fingerprint density at radius 3 is 2.60 bits per heavy atom. The minimum absolute atomic E-state index is 0.172. The molecule has 1 unspecified atom stereocenters. The van der Waals surface area contributed by atoms with Crippen molar-refractivity contribution in [1.82, 2.24) is 5.32 Å². The van der Waals surface area contributed by atoms with Crippen molar-refractivity contribution in [3.05, 3.63) is 34.1 Å². The molecule has 0 aliphatic rings. The Balaban J connectivity index is 2.66. The van der Waals surface area contributed by atoms with E-state index in [9.17, 15) is 9.18 Å². The van der Waals surface area contributed by atoms with Crippen LogP contribution in [-0.2, 0) is 4.74 Å². The smallest absolute Gasteiger partial charge is 0.407 e. The van der Waals surface area contributed by atoms with E-state index in [1.807, 2.05) is 0 Å². The van der Waals surface area contributed by atoms with Crippen molar-refractivity contribution in [3.8, 4) is 0 Å². The van der Waals surface area contributed by atoms with E-state index in [4.69, 9.17) is 10.5 Å². The van der Waals surface area contributed by atoms with Gasteiger partial charge in [-0.3, -0.25) is 0 Å². The first-order chi connectivity index (χ1) is 9.21. The normalized spacial score (nSPS) is 12.9. The number of amides is 1. The fourth-order valence-corrected chi connectivity index (χ4v) is 2.15. The van der Waals surface area contributed by atoms with Gasteiger partial charge in [-0.2, -0.15) is 0 Å². The number of ether oxygens (including phenoxy) is 1. The fraction of sp³-hybridized carbons (Fsp3) is 0.500. The first kappa shape index (κ1) is 16.9. The average molecular weight is 347 g/mol. The highest BCUT2D eigenvalue weighted by Gasteiger charge is 2.18. The average Bonchev–Trinajstić information content (AvgIpc) is 2.25. The minimum atomic E-state index is -0.551. The molecule has 1 atom stereocenters. The van der Waals surface area contributed by atoms with E-state index in [1.165, 1.54) is 12.1 Å². The molecule has 0 aliphatic carbocycles. The van der Waals surface area contributed by atoms with Gasteiger partial charge >= 0.3 is 6.09 Å². The highest BCUT2D eigenvalue weighted by molar-refractivity contribution is 9.10. The van der Waals surface area contributed by atoms with E-state index >= 15 is 0 Å². The lowest BCUT2D eigenvalue weighted by Gasteiger charge is -2.21. The lowest BCUT2D eigenvalue weighted by Crippen LogP contribution is -2.36. The van der Waals surface area contributed by atoms with Crippen molar-refractivity contribution in [2.75, 3.05) is 13.1 Å². The third kappa shape index (κ3) is 5.88. The second-order valence-corrected chi connectivity index (χ2v) is 6.43. The summed E-state index contributed by atoms with van der Waals surface area (Å²) in [4.78, 5) is 11.6. The van der Waals surface area contributed by atoms with Crippen LogP contribution in [0.3, 0.4) is 0 Å². The summed E-state index contributed by atoms with van der Waals surface area (Å²) in [5.74, 6) is -0.514. The molecule has 0 heterocycles. The maximum atomic E-state index is 13.4. The van der Waals surface area contributed by atoms with Crippen LogP contribution >= 0.6 is 15.9 Å². The first-order valence-electron chi connectivity index (χ1n) is 6.34. The molecule has 1 amide bonds. The SMILES string of the molecule is CC(C)(C)OC(=O)NCC(CN)c1cc(F)cc(Br)c1. The van der Waals surface area contributed by atoms with E-state index < -0.39 is 11.7 Å². The summed E-state index contributed by atoms with van der Waals surface area (Å²) in [7, 11) is 0. The van der Waals surface area contributed by atoms with Gasteiger partial charge in [-0.1, -0.05) is 15.9 Å². The predicted molar refractivity (Wildman–Crippen MR) is 80.1 cm³/mol. The summed E-state index contributed by atoms with van der Waals surface area (Å²) in [6, 6.07) is 4.58. The lowest BCUT2D eigenvalue weighted by molar-refractivity contribution is 0.0525. The Kier molecular flexibility index (Phi) is 5.95. The molecule has 0 aliphatic heterocycles. The molecule has 20 heavy (non-hydrogen) atoms. The predicted octanol–water partition coefficient (Wildman–Crippen LogP) is 3.16. The summed E-state index contributed by atoms with van der Waals surface area (Å²) < 4.78 is 19.1. The Hall–Kier alpha value is -1.14. The molecule has 0 spiro atoms. The zero-order chi connectivity index (χ0) is 15.3. The van der Waals surface area contributed by atoms with Crippen LogP contribution < -0.4 is 11.1 Å². The van der Waals surface area contributed by atoms with Gasteiger partial charge in [-0.25, -0.2) is 9.18 Å². The number of carbonyl (C=O) groups excluding carboxylic acids is 1. The summed E-state index contributed by atoms with van der Waals surface area (Å²) in [5.41, 5.74) is 5.87. The molecule has 1 aromatic carbocycles. The van der Waals surface area contributed by atoms with Crippen LogP contribution in [0.1, 0.15) is 32.3 Å². The molecule has 0 aromatic heterocycles. The van der Waals surface area contributed by atoms with Crippen molar-refractivity contribution in [3.63, 3.8) is 0 Å². The Bertz CT molecular complexity index is 454. The van der Waals surface area contributed by atoms with E-state index in [1.54, 1.807) is 26.8 Å². The largest absolute Gasteiger partial charge is 0.444 e. The van der Waals surface area contributed by atoms with Gasteiger partial charge in [0.15, 0.2) is 0 Å². The molecule has 112 valence electrons. The van der Waals surface area contributed by atoms with Crippen molar-refractivity contribution < 1.29 is 13.9 Å². The minimum Gasteiger partial charge on any atom is -0.444 e. The van der Waals surface area contributed by atoms with Crippen LogP contribution in [0.15, 0.2) is 22.7 Å². The summed E-state index contributed by atoms with van der Waals surface area (Å²) in [6.07, 6.45) is -0.508. The van der Waals surface area contributed by atoms with Gasteiger partial charge in [-0.15, -0.1) is 0 Å². The third-order valence-corrected chi connectivity index (χ3v) is 2.99. The maximum Gasteiger partial charge on any atom is 0.407 e. The molecule has 1 aromatic rings. The number of rotatable bonds is 4. The van der Waals surface area contributed by atoms with Gasteiger partial charge in [0.1, 0.15) is 11.4 Å². The van der Waals surface area contributed by atoms with E-state index in [0.29, 0.717) is 17.6 Å². The number of hydrogen-bond donors (Lipinski definition) is 2. The lowest BCUT2D eigenvalue weighted by atomic mass is 9.99. The van der Waals surface area contributed by atoms with Crippen LogP contribution in [0.4, 0.5) is 9.18 Å². The number of carbonyl (C=O) groups is 1. The van der Waals surface area contributed by atoms with Gasteiger partial charge < -0.3 is 15.8 Å². The van der Waals surface area contributed by atoms with Crippen molar-refractivity contribution in [2.24, 2.45) is 5.73 Å². The monoisotopic (exact) mass is 346 g/mol. The number of nitrogens with two attached hydrogens (primary N) is 1. The first-order valence-corrected chi connectivity index (χ1v) is 7.13. The molecule has 0 radical (unpaired) electrons. The molecule has 0 saturated heterocycles. The zero-order valence-electron chi connectivity index (χ0n) is 11.9. The number of nitrogens with one attached hydrogen (secondary N) is 1. The molecular weight excluding hydrogens is 327 g/mol. The van der Waals surface area contributed by atoms with Crippen LogP contribution in [0.2, 0.25) is 0 Å². The zero-order valence-corrected chi connectivity index (χ0v) is 13.5. The molecule has 3 N–H and O–H groups in total. The fourth-order valence-electron chi connectivity index (χ4n) is 1.67. The van der Waals surface area contributed by atoms with Gasteiger partial charge in [0, 0.05) is 23.5 Å². The van der Waals surface area contributed by atoms with Gasteiger partial charge in [-0.05, 0) is 44.5 Å². The third-order valence-electron chi connectivity index (χ3n) is 2.53. The van der Waals surface area contributed by atoms with Crippen LogP contribution in [-0.4, -0.2) is 24.8 Å². The molecular formula is C14H20BrFN2O2. The van der Waals surface area contributed by atoms with Crippen molar-refractivity contribution >= 4 is 22.0 Å². The number of alkyl carbamates (subject to hydrolysis) is 1. The Morgan fingerprint density at radius 2 is 2.10 bits per heavy atom. The molecule has 6 heteroatoms. The highest BCUT2D eigenvalue weighted by Crippen LogP contribution is 2.21. The topological polar surface area (TPSA) is 64.3 Å². The standard InChI is InChI=1S/C14H20BrFN2O2/c1-14(2,3)20-13(19)18-8-10(7-17)9-4-11(15)6-12(16)5-9/h4-6,10H,7-8,17H2,1-3H3,(H,18,19). The van der Waals surface area contributed by atoms with Crippen molar-refractivity contribution in [2.45, 2.75) is 32.3 Å². The number of benzene rings is 1. The summed E-state index contributed by atoms with van der Waals surface area (Å²) in [6.45, 7) is 5.96. The maximum absolute atomic E-state index is 13.4.